The van der Waals surface area contributed by atoms with Gasteiger partial charge in [-0.1, -0.05) is 158 Å². The Labute approximate surface area is 352 Å². The average molecular weight is 781 g/mol. The fourth-order valence-corrected chi connectivity index (χ4v) is 9.04. The van der Waals surface area contributed by atoms with Gasteiger partial charge in [0.15, 0.2) is 5.58 Å². The van der Waals surface area contributed by atoms with Crippen molar-refractivity contribution >= 4 is 71.6 Å². The fourth-order valence-electron chi connectivity index (χ4n) is 9.04. The SMILES string of the molecule is c1ccc(-c2nc3cc(-c4cccc(N(c5ccc(-c6cc7ccccc7c7ccccc67)cc5)c5ccccc5-c5ccccc5)c4)c4oc5ccccc5c4c3o2)cc1. The first-order valence-electron chi connectivity index (χ1n) is 20.6. The summed E-state index contributed by atoms with van der Waals surface area (Å²) in [6, 6.07) is 77.1. The number of benzene rings is 10. The molecule has 0 N–H and O–H groups in total. The van der Waals surface area contributed by atoms with E-state index in [2.05, 4.69) is 175 Å². The highest BCUT2D eigenvalue weighted by molar-refractivity contribution is 6.20. The number of oxazole rings is 1. The van der Waals surface area contributed by atoms with Crippen LogP contribution in [0.1, 0.15) is 0 Å². The molecule has 0 radical (unpaired) electrons. The largest absolute Gasteiger partial charge is 0.455 e. The number of anilines is 3. The van der Waals surface area contributed by atoms with Crippen LogP contribution in [0.5, 0.6) is 0 Å². The first-order chi connectivity index (χ1) is 30.2. The van der Waals surface area contributed by atoms with Gasteiger partial charge in [0, 0.05) is 33.5 Å². The highest BCUT2D eigenvalue weighted by Gasteiger charge is 2.23. The van der Waals surface area contributed by atoms with Crippen molar-refractivity contribution in [2.75, 3.05) is 4.90 Å². The summed E-state index contributed by atoms with van der Waals surface area (Å²) in [6.07, 6.45) is 0. The first kappa shape index (κ1) is 34.8. The molecule has 286 valence electrons. The lowest BCUT2D eigenvalue weighted by molar-refractivity contribution is 0.622. The summed E-state index contributed by atoms with van der Waals surface area (Å²) in [6.45, 7) is 0. The molecule has 0 aliphatic rings. The molecule has 61 heavy (non-hydrogen) atoms. The van der Waals surface area contributed by atoms with E-state index in [-0.39, 0.29) is 0 Å². The second kappa shape index (κ2) is 14.3. The van der Waals surface area contributed by atoms with E-state index in [0.717, 1.165) is 77.9 Å². The third kappa shape index (κ3) is 5.88. The van der Waals surface area contributed by atoms with Crippen molar-refractivity contribution in [3.63, 3.8) is 0 Å². The Balaban J connectivity index is 1.05. The number of aromatic nitrogens is 1. The van der Waals surface area contributed by atoms with Crippen LogP contribution >= 0.6 is 0 Å². The molecule has 12 rings (SSSR count). The van der Waals surface area contributed by atoms with Crippen molar-refractivity contribution in [1.82, 2.24) is 4.98 Å². The molecule has 2 aromatic heterocycles. The lowest BCUT2D eigenvalue weighted by Gasteiger charge is -2.28. The van der Waals surface area contributed by atoms with E-state index < -0.39 is 0 Å². The molecule has 2 heterocycles. The summed E-state index contributed by atoms with van der Waals surface area (Å²) >= 11 is 0. The van der Waals surface area contributed by atoms with Crippen LogP contribution in [0, 0.1) is 0 Å². The molecule has 4 heteroatoms. The number of fused-ring (bicyclic) bond motifs is 8. The first-order valence-corrected chi connectivity index (χ1v) is 20.6. The van der Waals surface area contributed by atoms with Gasteiger partial charge in [-0.25, -0.2) is 4.98 Å². The van der Waals surface area contributed by atoms with E-state index in [1.807, 2.05) is 48.5 Å². The summed E-state index contributed by atoms with van der Waals surface area (Å²) in [7, 11) is 0. The van der Waals surface area contributed by atoms with Gasteiger partial charge in [0.05, 0.1) is 11.1 Å². The Hall–Kier alpha value is -8.21. The molecule has 0 unspecified atom stereocenters. The molecule has 0 spiro atoms. The van der Waals surface area contributed by atoms with E-state index in [0.29, 0.717) is 5.89 Å². The lowest BCUT2D eigenvalue weighted by atomic mass is 9.93. The summed E-state index contributed by atoms with van der Waals surface area (Å²) in [5.74, 6) is 0.580. The summed E-state index contributed by atoms with van der Waals surface area (Å²) in [5, 5.41) is 6.91. The Morgan fingerprint density at radius 1 is 0.361 bits per heavy atom. The van der Waals surface area contributed by atoms with Crippen LogP contribution in [-0.4, -0.2) is 4.98 Å². The Kier molecular flexibility index (Phi) is 8.13. The van der Waals surface area contributed by atoms with Gasteiger partial charge >= 0.3 is 0 Å². The summed E-state index contributed by atoms with van der Waals surface area (Å²) < 4.78 is 13.3. The molecule has 0 aliphatic carbocycles. The van der Waals surface area contributed by atoms with Crippen molar-refractivity contribution in [3.8, 4) is 44.8 Å². The second-order valence-corrected chi connectivity index (χ2v) is 15.5. The third-order valence-corrected chi connectivity index (χ3v) is 11.9. The molecule has 0 saturated heterocycles. The normalized spacial score (nSPS) is 11.6. The Morgan fingerprint density at radius 2 is 1.00 bits per heavy atom. The number of nitrogens with zero attached hydrogens (tertiary/aromatic N) is 2. The number of furan rings is 1. The number of hydrogen-bond donors (Lipinski definition) is 0. The molecular weight excluding hydrogens is 745 g/mol. The Morgan fingerprint density at radius 3 is 1.82 bits per heavy atom. The number of para-hydroxylation sites is 2. The van der Waals surface area contributed by atoms with Gasteiger partial charge in [-0.3, -0.25) is 0 Å². The quantitative estimate of drug-likeness (QED) is 0.151. The standard InChI is InChI=1S/C57H36N2O2/c1-3-16-37(17-4-1)45-24-11-13-28-52(45)59(42-32-30-38(31-33-42)49-35-41-20-7-8-23-44(41)46-25-9-10-26-47(46)49)43-22-15-21-40(34-43)50-36-51-56(61-57(58-51)39-18-5-2-6-19-39)54-48-27-12-14-29-53(48)60-55(50)54/h1-36H. The molecule has 12 aromatic rings. The predicted molar refractivity (Wildman–Crippen MR) is 253 cm³/mol. The highest BCUT2D eigenvalue weighted by Crippen LogP contribution is 2.46. The fraction of sp³-hybridized carbons (Fsp3) is 0. The number of hydrogen-bond acceptors (Lipinski definition) is 4. The zero-order valence-corrected chi connectivity index (χ0v) is 33.0. The van der Waals surface area contributed by atoms with Crippen molar-refractivity contribution in [2.45, 2.75) is 0 Å². The van der Waals surface area contributed by atoms with E-state index in [4.69, 9.17) is 13.8 Å². The highest BCUT2D eigenvalue weighted by atomic mass is 16.4. The zero-order valence-electron chi connectivity index (χ0n) is 33.0. The van der Waals surface area contributed by atoms with Gasteiger partial charge in [-0.05, 0) is 104 Å². The minimum atomic E-state index is 0.580. The molecule has 0 aliphatic heterocycles. The molecule has 0 fully saturated rings. The predicted octanol–water partition coefficient (Wildman–Crippen LogP) is 16.2. The molecule has 0 amide bonds. The van der Waals surface area contributed by atoms with Gasteiger partial charge in [-0.15, -0.1) is 0 Å². The van der Waals surface area contributed by atoms with Gasteiger partial charge in [0.25, 0.3) is 0 Å². The van der Waals surface area contributed by atoms with E-state index in [1.165, 1.54) is 32.7 Å². The Bertz CT molecular complexity index is 3590. The molecule has 4 nitrogen and oxygen atoms in total. The molecule has 0 atom stereocenters. The second-order valence-electron chi connectivity index (χ2n) is 15.5. The third-order valence-electron chi connectivity index (χ3n) is 11.9. The van der Waals surface area contributed by atoms with E-state index in [9.17, 15) is 0 Å². The minimum Gasteiger partial charge on any atom is -0.455 e. The van der Waals surface area contributed by atoms with Gasteiger partial charge in [0.2, 0.25) is 5.89 Å². The maximum Gasteiger partial charge on any atom is 0.227 e. The minimum absolute atomic E-state index is 0.580. The average Bonchev–Trinajstić information content (AvgIpc) is 3.95. The van der Waals surface area contributed by atoms with Gasteiger partial charge < -0.3 is 13.7 Å². The van der Waals surface area contributed by atoms with Crippen LogP contribution in [-0.2, 0) is 0 Å². The summed E-state index contributed by atoms with van der Waals surface area (Å²) in [5.41, 5.74) is 13.7. The van der Waals surface area contributed by atoms with Crippen molar-refractivity contribution in [3.05, 3.63) is 218 Å². The van der Waals surface area contributed by atoms with Crippen molar-refractivity contribution in [1.29, 1.82) is 0 Å². The van der Waals surface area contributed by atoms with Gasteiger partial charge in [-0.2, -0.15) is 0 Å². The van der Waals surface area contributed by atoms with Crippen LogP contribution in [0.4, 0.5) is 17.1 Å². The molecular formula is C57H36N2O2. The monoisotopic (exact) mass is 780 g/mol. The lowest BCUT2D eigenvalue weighted by Crippen LogP contribution is -2.11. The van der Waals surface area contributed by atoms with Crippen LogP contribution in [0.15, 0.2) is 227 Å². The maximum absolute atomic E-state index is 6.72. The maximum atomic E-state index is 6.72. The van der Waals surface area contributed by atoms with Crippen molar-refractivity contribution < 1.29 is 8.83 Å². The van der Waals surface area contributed by atoms with Crippen LogP contribution in [0.2, 0.25) is 0 Å². The van der Waals surface area contributed by atoms with Crippen molar-refractivity contribution in [2.24, 2.45) is 0 Å². The van der Waals surface area contributed by atoms with Crippen LogP contribution < -0.4 is 4.90 Å². The molecule has 0 bridgehead atoms. The zero-order chi connectivity index (χ0) is 40.3. The topological polar surface area (TPSA) is 42.4 Å². The smallest absolute Gasteiger partial charge is 0.227 e. The molecule has 0 saturated carbocycles. The van der Waals surface area contributed by atoms with Crippen LogP contribution in [0.3, 0.4) is 0 Å². The summed E-state index contributed by atoms with van der Waals surface area (Å²) in [4.78, 5) is 7.42. The van der Waals surface area contributed by atoms with E-state index in [1.54, 1.807) is 0 Å². The number of rotatable bonds is 7. The molecule has 10 aromatic carbocycles. The van der Waals surface area contributed by atoms with Gasteiger partial charge in [0.1, 0.15) is 16.7 Å². The van der Waals surface area contributed by atoms with E-state index >= 15 is 0 Å². The van der Waals surface area contributed by atoms with Crippen LogP contribution in [0.25, 0.3) is 99.4 Å².